The van der Waals surface area contributed by atoms with Crippen LogP contribution >= 0.6 is 0 Å². The predicted octanol–water partition coefficient (Wildman–Crippen LogP) is 11.3. The second-order valence-corrected chi connectivity index (χ2v) is 17.7. The molecule has 0 atom stereocenters. The lowest BCUT2D eigenvalue weighted by Gasteiger charge is -2.28. The highest BCUT2D eigenvalue weighted by Gasteiger charge is 2.30. The van der Waals surface area contributed by atoms with Crippen molar-refractivity contribution in [2.75, 3.05) is 0 Å². The molecule has 45 heavy (non-hydrogen) atoms. The average Bonchev–Trinajstić information content (AvgIpc) is 3.62. The molecule has 2 nitrogen and oxygen atoms in total. The Morgan fingerprint density at radius 1 is 0.400 bits per heavy atom. The number of aromatic nitrogens is 2. The summed E-state index contributed by atoms with van der Waals surface area (Å²) in [6.45, 7) is 7.20. The lowest BCUT2D eigenvalue weighted by atomic mass is 10.0. The minimum atomic E-state index is -1.53. The zero-order valence-electron chi connectivity index (χ0n) is 26.3. The van der Waals surface area contributed by atoms with E-state index >= 15 is 0 Å². The Labute approximate surface area is 266 Å². The summed E-state index contributed by atoms with van der Waals surface area (Å²) in [5.41, 5.74) is 9.74. The highest BCUT2D eigenvalue weighted by molar-refractivity contribution is 6.91. The van der Waals surface area contributed by atoms with Crippen molar-refractivity contribution in [2.45, 2.75) is 38.9 Å². The molecule has 220 valence electrons. The van der Waals surface area contributed by atoms with Gasteiger partial charge in [-0.15, -0.1) is 0 Å². The van der Waals surface area contributed by atoms with E-state index < -0.39 is 8.07 Å². The summed E-state index contributed by atoms with van der Waals surface area (Å²) < 4.78 is 4.93. The van der Waals surface area contributed by atoms with E-state index in [-0.39, 0.29) is 0 Å². The Balaban J connectivity index is 1.45. The van der Waals surface area contributed by atoms with Gasteiger partial charge in [0.05, 0.1) is 30.1 Å². The number of nitrogens with zero attached hydrogens (tertiary/aromatic N) is 2. The van der Waals surface area contributed by atoms with Crippen LogP contribution in [0.15, 0.2) is 140 Å². The van der Waals surface area contributed by atoms with Gasteiger partial charge in [0.1, 0.15) is 0 Å². The average molecular weight is 599 g/mol. The van der Waals surface area contributed by atoms with Gasteiger partial charge < -0.3 is 9.13 Å². The summed E-state index contributed by atoms with van der Waals surface area (Å²) >= 11 is 0. The normalized spacial score (nSPS) is 12.2. The molecule has 0 fully saturated rings. The van der Waals surface area contributed by atoms with Gasteiger partial charge in [-0.3, -0.25) is 0 Å². The minimum Gasteiger partial charge on any atom is -0.309 e. The van der Waals surface area contributed by atoms with Crippen LogP contribution in [0.2, 0.25) is 18.1 Å². The molecule has 2 heterocycles. The number of rotatable bonds is 7. The Bertz CT molecular complexity index is 2280. The molecule has 8 rings (SSSR count). The van der Waals surface area contributed by atoms with Crippen LogP contribution in [0.3, 0.4) is 0 Å². The van der Waals surface area contributed by atoms with Crippen molar-refractivity contribution in [3.05, 3.63) is 140 Å². The van der Waals surface area contributed by atoms with Crippen LogP contribution in [0, 0.1) is 0 Å². The van der Waals surface area contributed by atoms with Crippen LogP contribution < -0.4 is 5.19 Å². The third-order valence-electron chi connectivity index (χ3n) is 10.4. The SMILES string of the molecule is CC[Si](CC)(CC)c1ccc2c(c1)c1ccccc1n2-c1cc(-c2ccccc2)cc(-n2c3ccccc3c3ccccc32)c1. The quantitative estimate of drug-likeness (QED) is 0.162. The van der Waals surface area contributed by atoms with Gasteiger partial charge in [0.2, 0.25) is 0 Å². The van der Waals surface area contributed by atoms with E-state index in [0.717, 1.165) is 0 Å². The predicted molar refractivity (Wildman–Crippen MR) is 197 cm³/mol. The van der Waals surface area contributed by atoms with Crippen LogP contribution in [-0.4, -0.2) is 17.2 Å². The van der Waals surface area contributed by atoms with Gasteiger partial charge in [0.25, 0.3) is 0 Å². The number of hydrogen-bond donors (Lipinski definition) is 0. The molecule has 0 aliphatic heterocycles. The van der Waals surface area contributed by atoms with Crippen molar-refractivity contribution in [1.29, 1.82) is 0 Å². The van der Waals surface area contributed by atoms with Gasteiger partial charge in [-0.25, -0.2) is 0 Å². The summed E-state index contributed by atoms with van der Waals surface area (Å²) in [6.07, 6.45) is 0. The first-order valence-corrected chi connectivity index (χ1v) is 19.0. The highest BCUT2D eigenvalue weighted by atomic mass is 28.3. The van der Waals surface area contributed by atoms with Gasteiger partial charge in [0.15, 0.2) is 0 Å². The van der Waals surface area contributed by atoms with E-state index in [1.54, 1.807) is 5.19 Å². The summed E-state index contributed by atoms with van der Waals surface area (Å²) in [4.78, 5) is 0. The van der Waals surface area contributed by atoms with E-state index in [0.29, 0.717) is 0 Å². The van der Waals surface area contributed by atoms with Crippen LogP contribution in [0.1, 0.15) is 20.8 Å². The van der Waals surface area contributed by atoms with Crippen molar-refractivity contribution in [3.63, 3.8) is 0 Å². The molecule has 0 N–H and O–H groups in total. The second kappa shape index (κ2) is 10.9. The fraction of sp³-hybridized carbons (Fsp3) is 0.143. The first-order valence-electron chi connectivity index (χ1n) is 16.4. The van der Waals surface area contributed by atoms with Crippen LogP contribution in [0.25, 0.3) is 66.1 Å². The standard InChI is InChI=1S/C42H38N2Si/c1-4-45(5-2,6-3)34-24-25-42-38(29-34)37-20-12-15-23-41(37)44(42)33-27-31(30-16-8-7-9-17-30)26-32(28-33)43-39-21-13-10-18-35(39)36-19-11-14-22-40(36)43/h7-29H,4-6H2,1-3H3. The maximum absolute atomic E-state index is 2.55. The van der Waals surface area contributed by atoms with Gasteiger partial charge >= 0.3 is 0 Å². The van der Waals surface area contributed by atoms with E-state index in [2.05, 4.69) is 169 Å². The molecule has 0 radical (unpaired) electrons. The molecule has 0 spiro atoms. The maximum Gasteiger partial charge on any atom is 0.0859 e. The first-order chi connectivity index (χ1) is 22.2. The Morgan fingerprint density at radius 2 is 0.844 bits per heavy atom. The largest absolute Gasteiger partial charge is 0.309 e. The van der Waals surface area contributed by atoms with Crippen molar-refractivity contribution in [2.24, 2.45) is 0 Å². The molecule has 0 unspecified atom stereocenters. The zero-order valence-corrected chi connectivity index (χ0v) is 27.3. The number of benzene rings is 6. The van der Waals surface area contributed by atoms with Crippen LogP contribution in [0.5, 0.6) is 0 Å². The van der Waals surface area contributed by atoms with E-state index in [1.165, 1.54) is 84.2 Å². The van der Waals surface area contributed by atoms with Crippen LogP contribution in [-0.2, 0) is 0 Å². The lowest BCUT2D eigenvalue weighted by molar-refractivity contribution is 1.13. The molecule has 0 amide bonds. The molecular formula is C42H38N2Si. The van der Waals surface area contributed by atoms with Crippen molar-refractivity contribution in [3.8, 4) is 22.5 Å². The third kappa shape index (κ3) is 4.29. The lowest BCUT2D eigenvalue weighted by Crippen LogP contribution is -2.45. The molecule has 0 bridgehead atoms. The van der Waals surface area contributed by atoms with Crippen LogP contribution in [0.4, 0.5) is 0 Å². The Morgan fingerprint density at radius 3 is 1.36 bits per heavy atom. The fourth-order valence-corrected chi connectivity index (χ4v) is 11.4. The summed E-state index contributed by atoms with van der Waals surface area (Å²) in [6, 6.07) is 55.7. The number of para-hydroxylation sites is 3. The van der Waals surface area contributed by atoms with Crippen molar-refractivity contribution in [1.82, 2.24) is 9.13 Å². The molecule has 0 aliphatic rings. The molecule has 8 aromatic rings. The molecule has 2 aromatic heterocycles. The maximum atomic E-state index is 2.55. The molecular weight excluding hydrogens is 561 g/mol. The molecule has 6 aromatic carbocycles. The minimum absolute atomic E-state index is 1.17. The summed E-state index contributed by atoms with van der Waals surface area (Å²) in [5, 5.41) is 6.83. The number of fused-ring (bicyclic) bond motifs is 6. The molecule has 0 saturated heterocycles. The van der Waals surface area contributed by atoms with Gasteiger partial charge in [-0.2, -0.15) is 0 Å². The first kappa shape index (κ1) is 27.7. The topological polar surface area (TPSA) is 9.86 Å². The van der Waals surface area contributed by atoms with Gasteiger partial charge in [-0.1, -0.05) is 141 Å². The van der Waals surface area contributed by atoms with E-state index in [1.807, 2.05) is 0 Å². The molecule has 0 saturated carbocycles. The van der Waals surface area contributed by atoms with E-state index in [9.17, 15) is 0 Å². The number of hydrogen-bond acceptors (Lipinski definition) is 0. The second-order valence-electron chi connectivity index (χ2n) is 12.4. The third-order valence-corrected chi connectivity index (χ3v) is 16.0. The van der Waals surface area contributed by atoms with Gasteiger partial charge in [-0.05, 0) is 53.6 Å². The Kier molecular flexibility index (Phi) is 6.73. The highest BCUT2D eigenvalue weighted by Crippen LogP contribution is 2.38. The smallest absolute Gasteiger partial charge is 0.0859 e. The fourth-order valence-electron chi connectivity index (χ4n) is 7.79. The monoisotopic (exact) mass is 598 g/mol. The molecule has 0 aliphatic carbocycles. The van der Waals surface area contributed by atoms with Crippen molar-refractivity contribution >= 4 is 56.9 Å². The molecule has 3 heteroatoms. The zero-order chi connectivity index (χ0) is 30.5. The van der Waals surface area contributed by atoms with Crippen molar-refractivity contribution < 1.29 is 0 Å². The van der Waals surface area contributed by atoms with E-state index in [4.69, 9.17) is 0 Å². The Hall–Kier alpha value is -4.86. The van der Waals surface area contributed by atoms with Gasteiger partial charge in [0, 0.05) is 32.9 Å². The summed E-state index contributed by atoms with van der Waals surface area (Å²) in [5.74, 6) is 0. The summed E-state index contributed by atoms with van der Waals surface area (Å²) in [7, 11) is -1.53.